The zero-order chi connectivity index (χ0) is 16.1. The number of rotatable bonds is 6. The summed E-state index contributed by atoms with van der Waals surface area (Å²) in [6.45, 7) is -3.16. The summed E-state index contributed by atoms with van der Waals surface area (Å²) >= 11 is 11.8. The van der Waals surface area contributed by atoms with E-state index in [4.69, 9.17) is 27.9 Å². The van der Waals surface area contributed by atoms with Gasteiger partial charge in [0.2, 0.25) is 0 Å². The van der Waals surface area contributed by atoms with Crippen LogP contribution in [-0.2, 0) is 0 Å². The summed E-state index contributed by atoms with van der Waals surface area (Å²) in [6, 6.07) is 10.1. The van der Waals surface area contributed by atoms with Gasteiger partial charge < -0.3 is 9.47 Å². The summed E-state index contributed by atoms with van der Waals surface area (Å²) < 4.78 is 33.6. The van der Waals surface area contributed by atoms with Gasteiger partial charge in [0.1, 0.15) is 16.5 Å². The van der Waals surface area contributed by atoms with Crippen LogP contribution in [0.15, 0.2) is 42.5 Å². The van der Waals surface area contributed by atoms with Gasteiger partial charge in [0.25, 0.3) is 0 Å². The highest BCUT2D eigenvalue weighted by molar-refractivity contribution is 6.42. The molecule has 0 aromatic heterocycles. The first-order valence-corrected chi connectivity index (χ1v) is 6.88. The van der Waals surface area contributed by atoms with Gasteiger partial charge in [-0.2, -0.15) is 8.78 Å². The topological polar surface area (TPSA) is 35.5 Å². The van der Waals surface area contributed by atoms with Crippen LogP contribution >= 0.6 is 23.2 Å². The third-order valence-electron chi connectivity index (χ3n) is 2.68. The number of hydrogen-bond acceptors (Lipinski definition) is 3. The highest BCUT2D eigenvalue weighted by atomic mass is 35.5. The van der Waals surface area contributed by atoms with E-state index >= 15 is 0 Å². The maximum Gasteiger partial charge on any atom is 0.387 e. The summed E-state index contributed by atoms with van der Waals surface area (Å²) in [4.78, 5) is 12.0. The molecule has 2 aromatic carbocycles. The van der Waals surface area contributed by atoms with Crippen LogP contribution in [0.1, 0.15) is 10.4 Å². The summed E-state index contributed by atoms with van der Waals surface area (Å²) in [5.74, 6) is -0.0647. The number of ketones is 1. The molecule has 0 fully saturated rings. The van der Waals surface area contributed by atoms with Gasteiger partial charge in [-0.1, -0.05) is 29.3 Å². The van der Waals surface area contributed by atoms with Gasteiger partial charge in [0, 0.05) is 5.56 Å². The van der Waals surface area contributed by atoms with Crippen LogP contribution in [-0.4, -0.2) is 19.0 Å². The third kappa shape index (κ3) is 4.32. The van der Waals surface area contributed by atoms with E-state index in [0.717, 1.165) is 0 Å². The quantitative estimate of drug-likeness (QED) is 0.701. The number of carbonyl (C=O) groups is 1. The van der Waals surface area contributed by atoms with E-state index in [0.29, 0.717) is 16.3 Å². The molecular weight excluding hydrogens is 337 g/mol. The van der Waals surface area contributed by atoms with Gasteiger partial charge in [-0.25, -0.2) is 0 Å². The van der Waals surface area contributed by atoms with Crippen LogP contribution in [0.2, 0.25) is 10.0 Å². The maximum atomic E-state index is 12.0. The molecule has 7 heteroatoms. The smallest absolute Gasteiger partial charge is 0.387 e. The molecule has 116 valence electrons. The van der Waals surface area contributed by atoms with Crippen molar-refractivity contribution < 1.29 is 23.0 Å². The fraction of sp³-hybridized carbons (Fsp3) is 0.133. The highest BCUT2D eigenvalue weighted by Crippen LogP contribution is 2.31. The van der Waals surface area contributed by atoms with Crippen molar-refractivity contribution in [3.63, 3.8) is 0 Å². The number of halogens is 4. The van der Waals surface area contributed by atoms with Crippen LogP contribution in [0, 0.1) is 0 Å². The predicted octanol–water partition coefficient (Wildman–Crippen LogP) is 4.86. The molecule has 0 bridgehead atoms. The van der Waals surface area contributed by atoms with Crippen molar-refractivity contribution in [2.75, 3.05) is 6.61 Å². The average molecular weight is 347 g/mol. The lowest BCUT2D eigenvalue weighted by molar-refractivity contribution is -0.0498. The number of Topliss-reactive ketones (excluding diaryl/α,β-unsaturated/α-hetero) is 1. The first kappa shape index (κ1) is 16.5. The van der Waals surface area contributed by atoms with Crippen molar-refractivity contribution in [1.82, 2.24) is 0 Å². The van der Waals surface area contributed by atoms with Crippen LogP contribution in [0.5, 0.6) is 11.5 Å². The van der Waals surface area contributed by atoms with Crippen LogP contribution in [0.25, 0.3) is 0 Å². The maximum absolute atomic E-state index is 12.0. The van der Waals surface area contributed by atoms with Gasteiger partial charge in [0.15, 0.2) is 12.4 Å². The van der Waals surface area contributed by atoms with Gasteiger partial charge in [0.05, 0.1) is 5.02 Å². The Kier molecular flexibility index (Phi) is 5.57. The Morgan fingerprint density at radius 1 is 1.09 bits per heavy atom. The van der Waals surface area contributed by atoms with E-state index in [2.05, 4.69) is 4.74 Å². The monoisotopic (exact) mass is 346 g/mol. The Morgan fingerprint density at radius 3 is 2.41 bits per heavy atom. The largest absolute Gasteiger partial charge is 0.484 e. The molecule has 0 amide bonds. The number of hydrogen-bond donors (Lipinski definition) is 0. The standard InChI is InChI=1S/C15H10Cl2F2O3/c16-11-2-1-3-13(14(11)17)21-8-12(20)9-4-6-10(7-5-9)22-15(18)19/h1-7,15H,8H2. The van der Waals surface area contributed by atoms with E-state index < -0.39 is 6.61 Å². The minimum absolute atomic E-state index is 0.0228. The normalized spacial score (nSPS) is 10.6. The minimum Gasteiger partial charge on any atom is -0.484 e. The molecule has 0 aliphatic carbocycles. The lowest BCUT2D eigenvalue weighted by Crippen LogP contribution is -2.12. The van der Waals surface area contributed by atoms with E-state index in [1.54, 1.807) is 18.2 Å². The zero-order valence-corrected chi connectivity index (χ0v) is 12.6. The molecule has 0 saturated heterocycles. The summed E-state index contributed by atoms with van der Waals surface area (Å²) in [5.41, 5.74) is 0.305. The van der Waals surface area contributed by atoms with Crippen molar-refractivity contribution in [3.05, 3.63) is 58.1 Å². The SMILES string of the molecule is O=C(COc1cccc(Cl)c1Cl)c1ccc(OC(F)F)cc1. The molecular formula is C15H10Cl2F2O3. The van der Waals surface area contributed by atoms with Gasteiger partial charge in [-0.3, -0.25) is 4.79 Å². The second-order valence-corrected chi connectivity index (χ2v) is 4.95. The predicted molar refractivity (Wildman–Crippen MR) is 79.4 cm³/mol. The van der Waals surface area contributed by atoms with E-state index in [1.807, 2.05) is 0 Å². The second kappa shape index (κ2) is 7.42. The Balaban J connectivity index is 1.99. The molecule has 0 heterocycles. The Bertz CT molecular complexity index is 660. The molecule has 0 N–H and O–H groups in total. The van der Waals surface area contributed by atoms with E-state index in [-0.39, 0.29) is 23.2 Å². The third-order valence-corrected chi connectivity index (χ3v) is 3.48. The van der Waals surface area contributed by atoms with Gasteiger partial charge in [-0.15, -0.1) is 0 Å². The molecule has 22 heavy (non-hydrogen) atoms. The van der Waals surface area contributed by atoms with Gasteiger partial charge in [-0.05, 0) is 36.4 Å². The molecule has 0 aliphatic rings. The molecule has 0 radical (unpaired) electrons. The lowest BCUT2D eigenvalue weighted by Gasteiger charge is -2.09. The number of ether oxygens (including phenoxy) is 2. The van der Waals surface area contributed by atoms with Crippen molar-refractivity contribution >= 4 is 29.0 Å². The number of alkyl halides is 2. The first-order chi connectivity index (χ1) is 10.5. The fourth-order valence-corrected chi connectivity index (χ4v) is 1.99. The average Bonchev–Trinajstić information content (AvgIpc) is 2.48. The number of carbonyl (C=O) groups excluding carboxylic acids is 1. The van der Waals surface area contributed by atoms with Crippen molar-refractivity contribution in [2.24, 2.45) is 0 Å². The van der Waals surface area contributed by atoms with Crippen molar-refractivity contribution in [3.8, 4) is 11.5 Å². The lowest BCUT2D eigenvalue weighted by atomic mass is 10.1. The summed E-state index contributed by atoms with van der Waals surface area (Å²) in [5, 5.41) is 0.540. The first-order valence-electron chi connectivity index (χ1n) is 6.12. The van der Waals surface area contributed by atoms with Crippen molar-refractivity contribution in [2.45, 2.75) is 6.61 Å². The Labute approximate surface area is 135 Å². The molecule has 0 spiro atoms. The summed E-state index contributed by atoms with van der Waals surface area (Å²) in [6.07, 6.45) is 0. The number of benzene rings is 2. The van der Waals surface area contributed by atoms with Crippen LogP contribution < -0.4 is 9.47 Å². The molecule has 2 aromatic rings. The zero-order valence-electron chi connectivity index (χ0n) is 11.1. The van der Waals surface area contributed by atoms with Crippen LogP contribution in [0.4, 0.5) is 8.78 Å². The molecule has 0 aliphatic heterocycles. The minimum atomic E-state index is -2.91. The van der Waals surface area contributed by atoms with E-state index in [1.165, 1.54) is 24.3 Å². The molecule has 3 nitrogen and oxygen atoms in total. The van der Waals surface area contributed by atoms with Gasteiger partial charge >= 0.3 is 6.61 Å². The van der Waals surface area contributed by atoms with Crippen molar-refractivity contribution in [1.29, 1.82) is 0 Å². The molecule has 2 rings (SSSR count). The molecule has 0 atom stereocenters. The summed E-state index contributed by atoms with van der Waals surface area (Å²) in [7, 11) is 0. The second-order valence-electron chi connectivity index (χ2n) is 4.17. The fourth-order valence-electron chi connectivity index (χ4n) is 1.64. The van der Waals surface area contributed by atoms with Crippen LogP contribution in [0.3, 0.4) is 0 Å². The molecule has 0 saturated carbocycles. The van der Waals surface area contributed by atoms with E-state index in [9.17, 15) is 13.6 Å². The molecule has 0 unspecified atom stereocenters. The Hall–Kier alpha value is -1.85. The highest BCUT2D eigenvalue weighted by Gasteiger charge is 2.11. The Morgan fingerprint density at radius 2 is 1.77 bits per heavy atom.